The van der Waals surface area contributed by atoms with E-state index >= 15 is 0 Å². The molecule has 1 aromatic rings. The number of Topliss-reactive ketones (excluding diaryl/α,β-unsaturated/α-hetero) is 2. The number of aromatic nitrogens is 1. The third-order valence-corrected chi connectivity index (χ3v) is 5.69. The van der Waals surface area contributed by atoms with E-state index in [1.165, 1.54) is 12.0 Å². The lowest BCUT2D eigenvalue weighted by molar-refractivity contribution is -0.130. The van der Waals surface area contributed by atoms with E-state index in [4.69, 9.17) is 4.98 Å². The molecule has 4 nitrogen and oxygen atoms in total. The van der Waals surface area contributed by atoms with E-state index < -0.39 is 0 Å². The van der Waals surface area contributed by atoms with Crippen molar-refractivity contribution in [3.05, 3.63) is 23.4 Å². The van der Waals surface area contributed by atoms with Crippen LogP contribution in [0.2, 0.25) is 0 Å². The Labute approximate surface area is 150 Å². The summed E-state index contributed by atoms with van der Waals surface area (Å²) in [6.07, 6.45) is 9.60. The van der Waals surface area contributed by atoms with Crippen LogP contribution in [0.25, 0.3) is 0 Å². The molecule has 2 atom stereocenters. The van der Waals surface area contributed by atoms with Gasteiger partial charge in [0, 0.05) is 30.5 Å². The molecule has 1 N–H and O–H groups in total. The Balaban J connectivity index is 1.52. The highest BCUT2D eigenvalue weighted by atomic mass is 16.1. The Hall–Kier alpha value is -1.71. The quantitative estimate of drug-likeness (QED) is 0.810. The summed E-state index contributed by atoms with van der Waals surface area (Å²) in [7, 11) is 0. The first-order valence-electron chi connectivity index (χ1n) is 9.89. The summed E-state index contributed by atoms with van der Waals surface area (Å²) in [5.74, 6) is 2.07. The molecule has 0 amide bonds. The second kappa shape index (κ2) is 8.59. The van der Waals surface area contributed by atoms with Crippen LogP contribution in [0.3, 0.4) is 0 Å². The zero-order valence-electron chi connectivity index (χ0n) is 15.4. The monoisotopic (exact) mass is 342 g/mol. The van der Waals surface area contributed by atoms with Crippen LogP contribution in [0.5, 0.6) is 0 Å². The number of anilines is 1. The highest BCUT2D eigenvalue weighted by Crippen LogP contribution is 2.32. The number of rotatable bonds is 7. The molecule has 1 aliphatic carbocycles. The molecule has 1 saturated carbocycles. The van der Waals surface area contributed by atoms with E-state index in [0.29, 0.717) is 12.2 Å². The molecule has 0 aromatic carbocycles. The van der Waals surface area contributed by atoms with Crippen LogP contribution in [-0.2, 0) is 22.4 Å². The van der Waals surface area contributed by atoms with Crippen molar-refractivity contribution in [1.29, 1.82) is 0 Å². The predicted molar refractivity (Wildman–Crippen MR) is 99.7 cm³/mol. The SMILES string of the molecule is CC(=O)CCCC1CCC[C@@H](CCc2ccc3c(n2)NCCC3)C1=O. The minimum Gasteiger partial charge on any atom is -0.370 e. The molecule has 2 heterocycles. The van der Waals surface area contributed by atoms with Crippen molar-refractivity contribution < 1.29 is 9.59 Å². The van der Waals surface area contributed by atoms with Crippen LogP contribution in [0.15, 0.2) is 12.1 Å². The van der Waals surface area contributed by atoms with Gasteiger partial charge in [-0.2, -0.15) is 0 Å². The fraction of sp³-hybridized carbons (Fsp3) is 0.667. The molecule has 4 heteroatoms. The smallest absolute Gasteiger partial charge is 0.139 e. The first kappa shape index (κ1) is 18.1. The predicted octanol–water partition coefficient (Wildman–Crippen LogP) is 4.12. The van der Waals surface area contributed by atoms with Gasteiger partial charge in [0.15, 0.2) is 0 Å². The summed E-state index contributed by atoms with van der Waals surface area (Å²) in [6, 6.07) is 4.32. The third-order valence-electron chi connectivity index (χ3n) is 5.69. The normalized spacial score (nSPS) is 23.0. The Kier molecular flexibility index (Phi) is 6.22. The summed E-state index contributed by atoms with van der Waals surface area (Å²) in [5.41, 5.74) is 2.41. The number of fused-ring (bicyclic) bond motifs is 1. The highest BCUT2D eigenvalue weighted by Gasteiger charge is 2.30. The molecular formula is C21H30N2O2. The number of aryl methyl sites for hydroxylation is 2. The van der Waals surface area contributed by atoms with Gasteiger partial charge in [-0.25, -0.2) is 4.98 Å². The van der Waals surface area contributed by atoms with Crippen molar-refractivity contribution in [3.8, 4) is 0 Å². The van der Waals surface area contributed by atoms with Crippen LogP contribution in [0, 0.1) is 11.8 Å². The molecule has 136 valence electrons. The molecule has 3 rings (SSSR count). The number of carbonyl (C=O) groups is 2. The van der Waals surface area contributed by atoms with Crippen molar-refractivity contribution in [1.82, 2.24) is 4.98 Å². The number of nitrogens with one attached hydrogen (secondary N) is 1. The van der Waals surface area contributed by atoms with Gasteiger partial charge in [-0.3, -0.25) is 4.79 Å². The molecule has 1 fully saturated rings. The number of pyridine rings is 1. The minimum atomic E-state index is 0.177. The fourth-order valence-electron chi connectivity index (χ4n) is 4.23. The lowest BCUT2D eigenvalue weighted by atomic mass is 9.76. The summed E-state index contributed by atoms with van der Waals surface area (Å²) in [6.45, 7) is 2.64. The number of hydrogen-bond acceptors (Lipinski definition) is 4. The molecule has 1 aliphatic heterocycles. The number of hydrogen-bond donors (Lipinski definition) is 1. The Morgan fingerprint density at radius 3 is 2.80 bits per heavy atom. The molecule has 2 aliphatic rings. The van der Waals surface area contributed by atoms with Crippen LogP contribution in [0.4, 0.5) is 5.82 Å². The highest BCUT2D eigenvalue weighted by molar-refractivity contribution is 5.84. The molecule has 0 saturated heterocycles. The third kappa shape index (κ3) is 4.90. The first-order valence-corrected chi connectivity index (χ1v) is 9.89. The summed E-state index contributed by atoms with van der Waals surface area (Å²) < 4.78 is 0. The zero-order chi connectivity index (χ0) is 17.6. The van der Waals surface area contributed by atoms with Gasteiger partial charge in [-0.15, -0.1) is 0 Å². The summed E-state index contributed by atoms with van der Waals surface area (Å²) in [5, 5.41) is 3.38. The maximum atomic E-state index is 12.7. The number of ketones is 2. The summed E-state index contributed by atoms with van der Waals surface area (Å²) >= 11 is 0. The van der Waals surface area contributed by atoms with Crippen molar-refractivity contribution in [2.24, 2.45) is 11.8 Å². The zero-order valence-corrected chi connectivity index (χ0v) is 15.4. The van der Waals surface area contributed by atoms with Gasteiger partial charge >= 0.3 is 0 Å². The molecule has 0 radical (unpaired) electrons. The van der Waals surface area contributed by atoms with Crippen molar-refractivity contribution in [2.75, 3.05) is 11.9 Å². The van der Waals surface area contributed by atoms with Gasteiger partial charge in [0.25, 0.3) is 0 Å². The summed E-state index contributed by atoms with van der Waals surface area (Å²) in [4.78, 5) is 28.6. The topological polar surface area (TPSA) is 59.1 Å². The Morgan fingerprint density at radius 2 is 2.00 bits per heavy atom. The minimum absolute atomic E-state index is 0.177. The van der Waals surface area contributed by atoms with Crippen LogP contribution in [0.1, 0.15) is 69.5 Å². The van der Waals surface area contributed by atoms with Crippen molar-refractivity contribution >= 4 is 17.4 Å². The Morgan fingerprint density at radius 1 is 1.20 bits per heavy atom. The van der Waals surface area contributed by atoms with E-state index in [1.54, 1.807) is 6.92 Å². The fourth-order valence-corrected chi connectivity index (χ4v) is 4.23. The lowest BCUT2D eigenvalue weighted by Crippen LogP contribution is -2.29. The molecule has 1 unspecified atom stereocenters. The molecule has 1 aromatic heterocycles. The molecular weight excluding hydrogens is 312 g/mol. The second-order valence-electron chi connectivity index (χ2n) is 7.70. The lowest BCUT2D eigenvalue weighted by Gasteiger charge is -2.28. The standard InChI is InChI=1S/C21H30N2O2/c1-15(24)5-2-6-16-7-3-8-17(20(16)25)10-12-19-13-11-18-9-4-14-22-21(18)23-19/h11,13,16-17H,2-10,12,14H2,1H3,(H,22,23)/t16?,17-/m0/s1. The van der Waals surface area contributed by atoms with Crippen molar-refractivity contribution in [3.63, 3.8) is 0 Å². The Bertz CT molecular complexity index is 626. The van der Waals surface area contributed by atoms with E-state index in [9.17, 15) is 9.59 Å². The van der Waals surface area contributed by atoms with Gasteiger partial charge in [0.05, 0.1) is 0 Å². The van der Waals surface area contributed by atoms with Gasteiger partial charge in [-0.05, 0) is 69.9 Å². The van der Waals surface area contributed by atoms with Crippen LogP contribution >= 0.6 is 0 Å². The maximum absolute atomic E-state index is 12.7. The molecule has 0 spiro atoms. The van der Waals surface area contributed by atoms with E-state index in [1.807, 2.05) is 0 Å². The van der Waals surface area contributed by atoms with Gasteiger partial charge in [-0.1, -0.05) is 12.5 Å². The van der Waals surface area contributed by atoms with Gasteiger partial charge < -0.3 is 10.1 Å². The largest absolute Gasteiger partial charge is 0.370 e. The molecule has 0 bridgehead atoms. The van der Waals surface area contributed by atoms with Crippen molar-refractivity contribution in [2.45, 2.75) is 71.1 Å². The molecule has 25 heavy (non-hydrogen) atoms. The maximum Gasteiger partial charge on any atom is 0.139 e. The van der Waals surface area contributed by atoms with E-state index in [-0.39, 0.29) is 17.6 Å². The van der Waals surface area contributed by atoms with Gasteiger partial charge in [0.1, 0.15) is 17.4 Å². The van der Waals surface area contributed by atoms with E-state index in [2.05, 4.69) is 17.4 Å². The average Bonchev–Trinajstić information content (AvgIpc) is 2.61. The van der Waals surface area contributed by atoms with Crippen LogP contribution in [-0.4, -0.2) is 23.1 Å². The van der Waals surface area contributed by atoms with Crippen LogP contribution < -0.4 is 5.32 Å². The average molecular weight is 342 g/mol. The number of carbonyl (C=O) groups excluding carboxylic acids is 2. The number of nitrogens with zero attached hydrogens (tertiary/aromatic N) is 1. The van der Waals surface area contributed by atoms with Gasteiger partial charge in [0.2, 0.25) is 0 Å². The second-order valence-corrected chi connectivity index (χ2v) is 7.70. The van der Waals surface area contributed by atoms with E-state index in [0.717, 1.165) is 69.4 Å². The first-order chi connectivity index (χ1) is 12.1.